The summed E-state index contributed by atoms with van der Waals surface area (Å²) < 4.78 is 0. The Hall–Kier alpha value is -2.32. The highest BCUT2D eigenvalue weighted by atomic mass is 16.2. The number of allylic oxidation sites excluding steroid dienone is 2. The van der Waals surface area contributed by atoms with E-state index in [1.807, 2.05) is 30.2 Å². The number of rotatable bonds is 4. The Labute approximate surface area is 107 Å². The Bertz CT molecular complexity index is 549. The lowest BCUT2D eigenvalue weighted by atomic mass is 10.1. The molecule has 1 aromatic carbocycles. The van der Waals surface area contributed by atoms with E-state index in [-0.39, 0.29) is 0 Å². The first-order valence-corrected chi connectivity index (χ1v) is 5.52. The number of nitrogens with one attached hydrogen (secondary N) is 1. The highest BCUT2D eigenvalue weighted by Gasteiger charge is 1.94. The van der Waals surface area contributed by atoms with Crippen molar-refractivity contribution in [2.24, 2.45) is 0 Å². The molecule has 0 aromatic heterocycles. The lowest BCUT2D eigenvalue weighted by Gasteiger charge is -2.18. The van der Waals surface area contributed by atoms with Crippen LogP contribution in [0.5, 0.6) is 0 Å². The molecule has 18 heavy (non-hydrogen) atoms. The Kier molecular flexibility index (Phi) is 4.90. The summed E-state index contributed by atoms with van der Waals surface area (Å²) in [6.45, 7) is 5.07. The standard InChI is InChI=1S/C14H17N2O2/c1-11(8-17)13-6-4-5-7-14(13)15-10-16(3)12(2)9-18/h4-8,10,15,17H,1-3H3/q-1/p-1. The quantitative estimate of drug-likeness (QED) is 0.415. The molecule has 0 saturated carbocycles. The molecule has 0 atom stereocenters. The predicted octanol–water partition coefficient (Wildman–Crippen LogP) is -1.11. The van der Waals surface area contributed by atoms with Crippen LogP contribution in [0.25, 0.3) is 5.57 Å². The molecule has 1 N–H and O–H groups in total. The molecule has 0 saturated heterocycles. The number of nitrogens with zero attached hydrogens (tertiary/aromatic N) is 1. The number of carbonyl (C=O) groups excluding carboxylic acids is 1. The zero-order valence-corrected chi connectivity index (χ0v) is 10.7. The highest BCUT2D eigenvalue weighted by molar-refractivity contribution is 5.61. The number of benzene rings is 1. The van der Waals surface area contributed by atoms with Crippen LogP contribution >= 0.6 is 0 Å². The second kappa shape index (κ2) is 6.42. The number of para-hydroxylation sites is 1. The molecule has 1 rings (SSSR count). The highest BCUT2D eigenvalue weighted by Crippen LogP contribution is 2.04. The third-order valence-corrected chi connectivity index (χ3v) is 2.62. The van der Waals surface area contributed by atoms with Gasteiger partial charge in [-0.2, -0.15) is 30.5 Å². The van der Waals surface area contributed by atoms with Crippen LogP contribution in [0.2, 0.25) is 0 Å². The number of hydrogen-bond acceptors (Lipinski definition) is 3. The molecule has 0 unspecified atom stereocenters. The summed E-state index contributed by atoms with van der Waals surface area (Å²) in [6.07, 6.45) is 0.820. The molecule has 0 aliphatic heterocycles. The molecule has 96 valence electrons. The Morgan fingerprint density at radius 2 is 2.33 bits per heavy atom. The molecule has 0 bridgehead atoms. The molecule has 0 radical (unpaired) electrons. The molecular weight excluding hydrogens is 228 g/mol. The second-order valence-corrected chi connectivity index (χ2v) is 3.92. The molecular formula is C14H16N2O2-2. The minimum atomic E-state index is 0.469. The van der Waals surface area contributed by atoms with Crippen LogP contribution in [-0.4, -0.2) is 17.9 Å². The summed E-state index contributed by atoms with van der Waals surface area (Å²) in [5.74, 6) is 1.81. The van der Waals surface area contributed by atoms with Gasteiger partial charge in [0, 0.05) is 0 Å². The van der Waals surface area contributed by atoms with Gasteiger partial charge in [0.1, 0.15) is 5.94 Å². The van der Waals surface area contributed by atoms with Crippen LogP contribution < -0.4 is 15.5 Å². The van der Waals surface area contributed by atoms with E-state index >= 15 is 0 Å². The van der Waals surface area contributed by atoms with Crippen molar-refractivity contribution in [3.8, 4) is 0 Å². The van der Waals surface area contributed by atoms with Crippen molar-refractivity contribution in [1.82, 2.24) is 4.90 Å². The minimum Gasteiger partial charge on any atom is -0.878 e. The van der Waals surface area contributed by atoms with Crippen LogP contribution in [0, 0.1) is 6.67 Å². The molecule has 0 aliphatic rings. The fourth-order valence-corrected chi connectivity index (χ4v) is 1.35. The lowest BCUT2D eigenvalue weighted by molar-refractivity contribution is -0.473. The minimum absolute atomic E-state index is 0.469. The van der Waals surface area contributed by atoms with E-state index in [4.69, 9.17) is 0 Å². The smallest absolute Gasteiger partial charge is 0.144 e. The van der Waals surface area contributed by atoms with Crippen LogP contribution in [0.15, 0.2) is 36.2 Å². The summed E-state index contributed by atoms with van der Waals surface area (Å²) in [4.78, 5) is 15.2. The summed E-state index contributed by atoms with van der Waals surface area (Å²) in [5, 5.41) is 11.6. The lowest BCUT2D eigenvalue weighted by Crippen LogP contribution is -2.76. The predicted molar refractivity (Wildman–Crippen MR) is 66.7 cm³/mol. The van der Waals surface area contributed by atoms with Crippen molar-refractivity contribution < 1.29 is 14.9 Å². The van der Waals surface area contributed by atoms with Gasteiger partial charge in [-0.3, -0.25) is 0 Å². The van der Waals surface area contributed by atoms with Gasteiger partial charge in [0.2, 0.25) is 0 Å². The van der Waals surface area contributed by atoms with E-state index in [1.54, 1.807) is 32.5 Å². The van der Waals surface area contributed by atoms with Crippen LogP contribution in [-0.2, 0) is 4.79 Å². The van der Waals surface area contributed by atoms with Gasteiger partial charge in [0.15, 0.2) is 0 Å². The van der Waals surface area contributed by atoms with Gasteiger partial charge in [-0.05, 0) is 19.3 Å². The van der Waals surface area contributed by atoms with Crippen molar-refractivity contribution in [3.63, 3.8) is 0 Å². The Morgan fingerprint density at radius 3 is 2.94 bits per heavy atom. The zero-order valence-electron chi connectivity index (χ0n) is 10.7. The first kappa shape index (κ1) is 13.7. The van der Waals surface area contributed by atoms with Crippen molar-refractivity contribution in [2.75, 3.05) is 7.05 Å². The fraction of sp³-hybridized carbons (Fsp3) is 0.214. The SMILES string of the molecule is CC(=C=O)N(C)[CH-][NH+]=c1cc[cH-]cc1C(C)=C[O-]. The summed E-state index contributed by atoms with van der Waals surface area (Å²) in [7, 11) is 1.74. The average molecular weight is 244 g/mol. The maximum absolute atomic E-state index is 10.8. The zero-order chi connectivity index (χ0) is 13.5. The molecule has 0 aliphatic carbocycles. The summed E-state index contributed by atoms with van der Waals surface area (Å²) in [6, 6.07) is 7.48. The first-order chi connectivity index (χ1) is 8.60. The van der Waals surface area contributed by atoms with Crippen molar-refractivity contribution >= 4 is 11.5 Å². The van der Waals surface area contributed by atoms with E-state index in [0.29, 0.717) is 11.3 Å². The fourth-order valence-electron chi connectivity index (χ4n) is 1.35. The van der Waals surface area contributed by atoms with E-state index < -0.39 is 0 Å². The maximum Gasteiger partial charge on any atom is 0.144 e. The molecule has 0 amide bonds. The number of hydrogen-bond donors (Lipinski definition) is 1. The van der Waals surface area contributed by atoms with Gasteiger partial charge in [0.25, 0.3) is 0 Å². The van der Waals surface area contributed by atoms with E-state index in [0.717, 1.165) is 17.2 Å². The monoisotopic (exact) mass is 244 g/mol. The third-order valence-electron chi connectivity index (χ3n) is 2.62. The Balaban J connectivity index is 3.07. The van der Waals surface area contributed by atoms with Crippen LogP contribution in [0.4, 0.5) is 0 Å². The van der Waals surface area contributed by atoms with Crippen LogP contribution in [0.3, 0.4) is 0 Å². The van der Waals surface area contributed by atoms with Gasteiger partial charge in [-0.1, -0.05) is 6.92 Å². The molecule has 0 spiro atoms. The van der Waals surface area contributed by atoms with Crippen molar-refractivity contribution in [1.29, 1.82) is 0 Å². The molecule has 4 heteroatoms. The van der Waals surface area contributed by atoms with Gasteiger partial charge < -0.3 is 15.0 Å². The van der Waals surface area contributed by atoms with Crippen LogP contribution in [0.1, 0.15) is 19.4 Å². The topological polar surface area (TPSA) is 57.3 Å². The maximum atomic E-state index is 10.8. The van der Waals surface area contributed by atoms with E-state index in [2.05, 4.69) is 4.99 Å². The first-order valence-electron chi connectivity index (χ1n) is 5.52. The average Bonchev–Trinajstić information content (AvgIpc) is 2.43. The van der Waals surface area contributed by atoms with Crippen molar-refractivity contribution in [2.45, 2.75) is 13.8 Å². The normalized spacial score (nSPS) is 11.9. The molecule has 0 fully saturated rings. The van der Waals surface area contributed by atoms with Gasteiger partial charge >= 0.3 is 0 Å². The van der Waals surface area contributed by atoms with E-state index in [1.165, 1.54) is 0 Å². The van der Waals surface area contributed by atoms with E-state index in [9.17, 15) is 9.90 Å². The Morgan fingerprint density at radius 1 is 1.61 bits per heavy atom. The van der Waals surface area contributed by atoms with Crippen molar-refractivity contribution in [3.05, 3.63) is 53.8 Å². The van der Waals surface area contributed by atoms with Gasteiger partial charge in [-0.15, -0.1) is 11.1 Å². The van der Waals surface area contributed by atoms with Gasteiger partial charge in [-0.25, -0.2) is 4.79 Å². The largest absolute Gasteiger partial charge is 0.878 e. The van der Waals surface area contributed by atoms with Gasteiger partial charge in [0.05, 0.1) is 12.4 Å². The molecule has 4 nitrogen and oxygen atoms in total. The third kappa shape index (κ3) is 3.34. The molecule has 0 heterocycles. The molecule has 1 aromatic rings. The summed E-state index contributed by atoms with van der Waals surface area (Å²) >= 11 is 0. The second-order valence-electron chi connectivity index (χ2n) is 3.92. The summed E-state index contributed by atoms with van der Waals surface area (Å²) in [5.41, 5.74) is 1.96.